The van der Waals surface area contributed by atoms with Gasteiger partial charge in [-0.3, -0.25) is 10.1 Å². The average molecular weight is 312 g/mol. The SMILES string of the molecule is N#Cc1cc([N+](=O)[O-])c(OC(F)(F)F)nc1Br. The van der Waals surface area contributed by atoms with Crippen LogP contribution in [0.1, 0.15) is 5.56 Å². The Hall–Kier alpha value is -1.89. The predicted molar refractivity (Wildman–Crippen MR) is 50.0 cm³/mol. The van der Waals surface area contributed by atoms with Crippen LogP contribution in [0.5, 0.6) is 5.88 Å². The van der Waals surface area contributed by atoms with Crippen LogP contribution in [0.2, 0.25) is 0 Å². The minimum absolute atomic E-state index is 0.272. The van der Waals surface area contributed by atoms with Gasteiger partial charge < -0.3 is 4.74 Å². The molecule has 0 spiro atoms. The first-order chi connectivity index (χ1) is 7.74. The van der Waals surface area contributed by atoms with Crippen LogP contribution in [0.4, 0.5) is 18.9 Å². The van der Waals surface area contributed by atoms with Gasteiger partial charge in [0, 0.05) is 6.07 Å². The van der Waals surface area contributed by atoms with Crippen LogP contribution in [0.15, 0.2) is 10.7 Å². The van der Waals surface area contributed by atoms with Crippen molar-refractivity contribution in [1.82, 2.24) is 4.98 Å². The Morgan fingerprint density at radius 2 is 2.18 bits per heavy atom. The van der Waals surface area contributed by atoms with Gasteiger partial charge in [-0.1, -0.05) is 0 Å². The number of hydrogen-bond donors (Lipinski definition) is 0. The molecule has 0 saturated carbocycles. The summed E-state index contributed by atoms with van der Waals surface area (Å²) in [5.41, 5.74) is -1.31. The van der Waals surface area contributed by atoms with Gasteiger partial charge >= 0.3 is 17.9 Å². The first kappa shape index (κ1) is 13.2. The number of nitrogens with zero attached hydrogens (tertiary/aromatic N) is 3. The van der Waals surface area contributed by atoms with E-state index < -0.39 is 22.9 Å². The van der Waals surface area contributed by atoms with E-state index >= 15 is 0 Å². The van der Waals surface area contributed by atoms with Crippen molar-refractivity contribution in [2.24, 2.45) is 0 Å². The first-order valence-corrected chi connectivity index (χ1v) is 4.54. The first-order valence-electron chi connectivity index (χ1n) is 3.75. The van der Waals surface area contributed by atoms with Crippen molar-refractivity contribution >= 4 is 21.6 Å². The average Bonchev–Trinajstić information content (AvgIpc) is 2.14. The highest BCUT2D eigenvalue weighted by Crippen LogP contribution is 2.33. The Morgan fingerprint density at radius 3 is 2.59 bits per heavy atom. The molecule has 0 bridgehead atoms. The predicted octanol–water partition coefficient (Wildman–Crippen LogP) is 2.52. The van der Waals surface area contributed by atoms with Crippen molar-refractivity contribution in [2.75, 3.05) is 0 Å². The van der Waals surface area contributed by atoms with Gasteiger partial charge in [-0.15, -0.1) is 13.2 Å². The zero-order chi connectivity index (χ0) is 13.2. The van der Waals surface area contributed by atoms with Crippen LogP contribution >= 0.6 is 15.9 Å². The lowest BCUT2D eigenvalue weighted by Crippen LogP contribution is -2.19. The molecule has 0 N–H and O–H groups in total. The van der Waals surface area contributed by atoms with Crippen molar-refractivity contribution < 1.29 is 22.8 Å². The summed E-state index contributed by atoms with van der Waals surface area (Å²) in [5.74, 6) is -1.23. The largest absolute Gasteiger partial charge is 0.574 e. The van der Waals surface area contributed by atoms with Gasteiger partial charge in [0.1, 0.15) is 10.7 Å². The molecule has 6 nitrogen and oxygen atoms in total. The molecule has 1 aromatic rings. The number of aromatic nitrogens is 1. The number of halogens is 4. The molecule has 1 heterocycles. The number of rotatable bonds is 2. The third-order valence-corrected chi connectivity index (χ3v) is 2.06. The number of nitriles is 1. The topological polar surface area (TPSA) is 89.0 Å². The third kappa shape index (κ3) is 3.28. The molecule has 0 radical (unpaired) electrons. The number of pyridine rings is 1. The van der Waals surface area contributed by atoms with Gasteiger partial charge in [0.25, 0.3) is 0 Å². The van der Waals surface area contributed by atoms with Crippen LogP contribution in [0, 0.1) is 21.4 Å². The molecule has 0 aliphatic heterocycles. The van der Waals surface area contributed by atoms with Crippen molar-refractivity contribution in [2.45, 2.75) is 6.36 Å². The Bertz CT molecular complexity index is 512. The van der Waals surface area contributed by atoms with E-state index in [4.69, 9.17) is 5.26 Å². The summed E-state index contributed by atoms with van der Waals surface area (Å²) in [6.07, 6.45) is -5.11. The minimum atomic E-state index is -5.11. The molecule has 0 aliphatic rings. The lowest BCUT2D eigenvalue weighted by Gasteiger charge is -2.08. The van der Waals surface area contributed by atoms with E-state index in [1.54, 1.807) is 0 Å². The minimum Gasteiger partial charge on any atom is -0.381 e. The smallest absolute Gasteiger partial charge is 0.381 e. The molecule has 0 aromatic carbocycles. The summed E-state index contributed by atoms with van der Waals surface area (Å²) in [6.45, 7) is 0. The van der Waals surface area contributed by atoms with Crippen LogP contribution in [-0.2, 0) is 0 Å². The molecular formula is C7HBrF3N3O3. The summed E-state index contributed by atoms with van der Waals surface area (Å²) in [5, 5.41) is 19.0. The van der Waals surface area contributed by atoms with E-state index in [2.05, 4.69) is 25.7 Å². The highest BCUT2D eigenvalue weighted by Gasteiger charge is 2.36. The fraction of sp³-hybridized carbons (Fsp3) is 0.143. The maximum absolute atomic E-state index is 11.9. The Kier molecular flexibility index (Phi) is 3.52. The molecule has 0 saturated heterocycles. The number of ether oxygens (including phenoxy) is 1. The molecule has 0 unspecified atom stereocenters. The zero-order valence-corrected chi connectivity index (χ0v) is 9.24. The lowest BCUT2D eigenvalue weighted by atomic mass is 10.3. The van der Waals surface area contributed by atoms with E-state index in [-0.39, 0.29) is 10.2 Å². The molecule has 17 heavy (non-hydrogen) atoms. The lowest BCUT2D eigenvalue weighted by molar-refractivity contribution is -0.389. The molecule has 0 aliphatic carbocycles. The Labute approximate surface area is 99.9 Å². The fourth-order valence-corrected chi connectivity index (χ4v) is 1.22. The molecule has 0 fully saturated rings. The number of alkyl halides is 3. The van der Waals surface area contributed by atoms with Gasteiger partial charge in [0.05, 0.1) is 10.5 Å². The Balaban J connectivity index is 3.34. The summed E-state index contributed by atoms with van der Waals surface area (Å²) in [6, 6.07) is 2.17. The fourth-order valence-electron chi connectivity index (χ4n) is 0.859. The van der Waals surface area contributed by atoms with Crippen molar-refractivity contribution in [3.63, 3.8) is 0 Å². The van der Waals surface area contributed by atoms with E-state index in [1.807, 2.05) is 0 Å². The number of nitro groups is 1. The Morgan fingerprint density at radius 1 is 1.59 bits per heavy atom. The summed E-state index contributed by atoms with van der Waals surface area (Å²) >= 11 is 2.69. The molecular weight excluding hydrogens is 311 g/mol. The number of hydrogen-bond acceptors (Lipinski definition) is 5. The zero-order valence-electron chi connectivity index (χ0n) is 7.66. The van der Waals surface area contributed by atoms with Crippen LogP contribution < -0.4 is 4.74 Å². The van der Waals surface area contributed by atoms with Crippen LogP contribution in [-0.4, -0.2) is 16.3 Å². The van der Waals surface area contributed by atoms with Gasteiger partial charge in [-0.05, 0) is 15.9 Å². The normalized spacial score (nSPS) is 10.8. The van der Waals surface area contributed by atoms with Gasteiger partial charge in [-0.2, -0.15) is 10.2 Å². The van der Waals surface area contributed by atoms with E-state index in [0.717, 1.165) is 0 Å². The van der Waals surface area contributed by atoms with E-state index in [1.165, 1.54) is 6.07 Å². The second-order valence-electron chi connectivity index (χ2n) is 2.57. The standard InChI is InChI=1S/C7HBrF3N3O3/c8-5-3(2-12)1-4(14(15)16)6(13-5)17-7(9,10)11/h1H. The monoisotopic (exact) mass is 311 g/mol. The summed E-state index contributed by atoms with van der Waals surface area (Å²) in [7, 11) is 0. The van der Waals surface area contributed by atoms with Crippen molar-refractivity contribution in [3.8, 4) is 11.9 Å². The van der Waals surface area contributed by atoms with Crippen LogP contribution in [0.25, 0.3) is 0 Å². The second-order valence-corrected chi connectivity index (χ2v) is 3.32. The highest BCUT2D eigenvalue weighted by molar-refractivity contribution is 9.10. The van der Waals surface area contributed by atoms with Gasteiger partial charge in [0.15, 0.2) is 0 Å². The molecule has 1 rings (SSSR count). The highest BCUT2D eigenvalue weighted by atomic mass is 79.9. The molecule has 10 heteroatoms. The maximum atomic E-state index is 11.9. The molecule has 1 aromatic heterocycles. The molecule has 90 valence electrons. The van der Waals surface area contributed by atoms with Crippen molar-refractivity contribution in [1.29, 1.82) is 5.26 Å². The van der Waals surface area contributed by atoms with Gasteiger partial charge in [-0.25, -0.2) is 0 Å². The third-order valence-electron chi connectivity index (χ3n) is 1.45. The van der Waals surface area contributed by atoms with Crippen molar-refractivity contribution in [3.05, 3.63) is 26.3 Å². The molecule has 0 atom stereocenters. The van der Waals surface area contributed by atoms with E-state index in [0.29, 0.717) is 6.07 Å². The quantitative estimate of drug-likeness (QED) is 0.475. The summed E-state index contributed by atoms with van der Waals surface area (Å²) in [4.78, 5) is 12.5. The van der Waals surface area contributed by atoms with Crippen LogP contribution in [0.3, 0.4) is 0 Å². The molecule has 0 amide bonds. The summed E-state index contributed by atoms with van der Waals surface area (Å²) < 4.78 is 38.9. The second kappa shape index (κ2) is 4.54. The van der Waals surface area contributed by atoms with Gasteiger partial charge in [0.2, 0.25) is 0 Å². The van der Waals surface area contributed by atoms with E-state index in [9.17, 15) is 23.3 Å². The maximum Gasteiger partial charge on any atom is 0.574 e.